The van der Waals surface area contributed by atoms with Crippen LogP contribution in [0.2, 0.25) is 0 Å². The molecule has 31 heavy (non-hydrogen) atoms. The van der Waals surface area contributed by atoms with Gasteiger partial charge >= 0.3 is 5.97 Å². The summed E-state index contributed by atoms with van der Waals surface area (Å²) in [6, 6.07) is 19.8. The van der Waals surface area contributed by atoms with Crippen molar-refractivity contribution >= 4 is 53.8 Å². The summed E-state index contributed by atoms with van der Waals surface area (Å²) in [5.74, 6) is 0.635. The number of hydrogen-bond acceptors (Lipinski definition) is 7. The molecule has 0 bridgehead atoms. The number of esters is 1. The molecule has 3 aromatic carbocycles. The van der Waals surface area contributed by atoms with E-state index in [1.807, 2.05) is 72.9 Å². The van der Waals surface area contributed by atoms with Gasteiger partial charge in [0.25, 0.3) is 0 Å². The van der Waals surface area contributed by atoms with E-state index in [0.29, 0.717) is 19.4 Å². The SMILES string of the molecule is CCOC(=O)CCc1ccc(NOSN(C)c2ccc(OC)cc2)c2ccccc12.S. The Morgan fingerprint density at radius 3 is 2.42 bits per heavy atom. The summed E-state index contributed by atoms with van der Waals surface area (Å²) in [6.07, 6.45) is 0.999. The van der Waals surface area contributed by atoms with Gasteiger partial charge in [-0.3, -0.25) is 14.6 Å². The first-order valence-electron chi connectivity index (χ1n) is 9.76. The van der Waals surface area contributed by atoms with E-state index < -0.39 is 0 Å². The Morgan fingerprint density at radius 2 is 1.74 bits per heavy atom. The maximum Gasteiger partial charge on any atom is 0.306 e. The lowest BCUT2D eigenvalue weighted by molar-refractivity contribution is -0.143. The fourth-order valence-corrected chi connectivity index (χ4v) is 3.54. The molecule has 0 atom stereocenters. The monoisotopic (exact) mass is 460 g/mol. The second-order valence-corrected chi connectivity index (χ2v) is 7.44. The molecule has 8 heteroatoms. The molecular formula is C23H28N2O4S2. The smallest absolute Gasteiger partial charge is 0.306 e. The molecule has 0 aliphatic heterocycles. The zero-order chi connectivity index (χ0) is 21.3. The van der Waals surface area contributed by atoms with Gasteiger partial charge in [-0.15, -0.1) is 0 Å². The predicted molar refractivity (Wildman–Crippen MR) is 133 cm³/mol. The number of carbonyl (C=O) groups is 1. The topological polar surface area (TPSA) is 60.0 Å². The average molecular weight is 461 g/mol. The van der Waals surface area contributed by atoms with E-state index in [1.165, 1.54) is 12.2 Å². The highest BCUT2D eigenvalue weighted by atomic mass is 32.2. The molecule has 0 unspecified atom stereocenters. The van der Waals surface area contributed by atoms with E-state index in [1.54, 1.807) is 7.11 Å². The second-order valence-electron chi connectivity index (χ2n) is 6.58. The number of carbonyl (C=O) groups excluding carboxylic acids is 1. The van der Waals surface area contributed by atoms with Gasteiger partial charge in [-0.2, -0.15) is 17.8 Å². The Labute approximate surface area is 194 Å². The maximum absolute atomic E-state index is 11.7. The van der Waals surface area contributed by atoms with Crippen molar-refractivity contribution in [3.05, 3.63) is 66.2 Å². The lowest BCUT2D eigenvalue weighted by Gasteiger charge is -2.18. The molecule has 3 rings (SSSR count). The highest BCUT2D eigenvalue weighted by Gasteiger charge is 2.10. The Morgan fingerprint density at radius 1 is 1.03 bits per heavy atom. The molecule has 0 aliphatic rings. The number of nitrogens with zero attached hydrogens (tertiary/aromatic N) is 1. The van der Waals surface area contributed by atoms with Crippen LogP contribution in [0.1, 0.15) is 18.9 Å². The average Bonchev–Trinajstić information content (AvgIpc) is 2.78. The summed E-state index contributed by atoms with van der Waals surface area (Å²) in [4.78, 5) is 11.7. The van der Waals surface area contributed by atoms with Crippen molar-refractivity contribution in [2.45, 2.75) is 19.8 Å². The fraction of sp³-hybridized carbons (Fsp3) is 0.261. The highest BCUT2D eigenvalue weighted by Crippen LogP contribution is 2.29. The van der Waals surface area contributed by atoms with Crippen LogP contribution in [0, 0.1) is 0 Å². The van der Waals surface area contributed by atoms with Crippen LogP contribution in [0.15, 0.2) is 60.7 Å². The van der Waals surface area contributed by atoms with Crippen LogP contribution in [0.25, 0.3) is 10.8 Å². The molecule has 0 saturated carbocycles. The van der Waals surface area contributed by atoms with Crippen LogP contribution in [0.3, 0.4) is 0 Å². The Balaban J connectivity index is 0.00000341. The third-order valence-electron chi connectivity index (χ3n) is 4.65. The van der Waals surface area contributed by atoms with Gasteiger partial charge in [-0.25, -0.2) is 0 Å². The number of anilines is 2. The van der Waals surface area contributed by atoms with Crippen molar-refractivity contribution in [3.63, 3.8) is 0 Å². The predicted octanol–water partition coefficient (Wildman–Crippen LogP) is 5.50. The maximum atomic E-state index is 11.7. The quantitative estimate of drug-likeness (QED) is 0.185. The molecule has 6 nitrogen and oxygen atoms in total. The molecule has 0 aliphatic carbocycles. The number of fused-ring (bicyclic) bond motifs is 1. The van der Waals surface area contributed by atoms with E-state index in [2.05, 4.69) is 11.5 Å². The minimum atomic E-state index is -0.176. The van der Waals surface area contributed by atoms with E-state index in [4.69, 9.17) is 13.8 Å². The number of aryl methyl sites for hydroxylation is 1. The minimum absolute atomic E-state index is 0. The van der Waals surface area contributed by atoms with E-state index in [0.717, 1.165) is 33.5 Å². The van der Waals surface area contributed by atoms with Crippen LogP contribution in [-0.2, 0) is 20.2 Å². The highest BCUT2D eigenvalue weighted by molar-refractivity contribution is 7.96. The molecule has 0 radical (unpaired) electrons. The van der Waals surface area contributed by atoms with E-state index in [-0.39, 0.29) is 19.5 Å². The fourth-order valence-electron chi connectivity index (χ4n) is 3.09. The first-order chi connectivity index (χ1) is 14.6. The lowest BCUT2D eigenvalue weighted by Crippen LogP contribution is -2.09. The van der Waals surface area contributed by atoms with Gasteiger partial charge < -0.3 is 9.47 Å². The standard InChI is InChI=1S/C23H26N2O4S.H2S/c1-4-28-23(26)16-10-17-9-15-22(21-8-6-5-7-20(17)21)24-29-30-25(2)18-11-13-19(27-3)14-12-18;/h5-9,11-15,24H,4,10,16H2,1-3H3;1H2. The van der Waals surface area contributed by atoms with Crippen LogP contribution >= 0.6 is 25.7 Å². The summed E-state index contributed by atoms with van der Waals surface area (Å²) in [5, 5.41) is 2.12. The molecule has 0 aromatic heterocycles. The molecule has 1 N–H and O–H groups in total. The summed E-state index contributed by atoms with van der Waals surface area (Å²) in [6.45, 7) is 2.22. The van der Waals surface area contributed by atoms with Crippen molar-refractivity contribution < 1.29 is 18.6 Å². The van der Waals surface area contributed by atoms with Crippen molar-refractivity contribution in [2.24, 2.45) is 0 Å². The van der Waals surface area contributed by atoms with Crippen molar-refractivity contribution in [1.29, 1.82) is 0 Å². The largest absolute Gasteiger partial charge is 0.497 e. The normalized spacial score (nSPS) is 10.3. The molecule has 0 fully saturated rings. The van der Waals surface area contributed by atoms with E-state index >= 15 is 0 Å². The molecule has 0 heterocycles. The van der Waals surface area contributed by atoms with Crippen molar-refractivity contribution in [3.8, 4) is 5.75 Å². The number of hydrogen-bond donors (Lipinski definition) is 1. The van der Waals surface area contributed by atoms with Crippen LogP contribution in [0.4, 0.5) is 11.4 Å². The van der Waals surface area contributed by atoms with Gasteiger partial charge in [0, 0.05) is 24.5 Å². The van der Waals surface area contributed by atoms with Gasteiger partial charge in [-0.1, -0.05) is 30.3 Å². The number of ether oxygens (including phenoxy) is 2. The number of benzene rings is 3. The van der Waals surface area contributed by atoms with Crippen molar-refractivity contribution in [2.75, 3.05) is 30.5 Å². The number of methoxy groups -OCH3 is 1. The third-order valence-corrected chi connectivity index (χ3v) is 5.25. The molecule has 0 saturated heterocycles. The van der Waals surface area contributed by atoms with E-state index in [9.17, 15) is 4.79 Å². The van der Waals surface area contributed by atoms with Gasteiger partial charge in [-0.05, 0) is 54.6 Å². The number of rotatable bonds is 10. The van der Waals surface area contributed by atoms with Crippen LogP contribution in [-0.4, -0.2) is 26.7 Å². The summed E-state index contributed by atoms with van der Waals surface area (Å²) < 4.78 is 17.8. The van der Waals surface area contributed by atoms with Crippen molar-refractivity contribution in [1.82, 2.24) is 0 Å². The Bertz CT molecular complexity index is 983. The Kier molecular flexibility index (Phi) is 9.84. The van der Waals surface area contributed by atoms with Crippen LogP contribution in [0.5, 0.6) is 5.75 Å². The molecule has 0 spiro atoms. The molecule has 3 aromatic rings. The van der Waals surface area contributed by atoms with Gasteiger partial charge in [0.05, 0.1) is 19.4 Å². The zero-order valence-electron chi connectivity index (χ0n) is 17.9. The Hall–Kier alpha value is -2.55. The number of nitrogens with one attached hydrogen (secondary N) is 1. The first kappa shape index (κ1) is 24.7. The first-order valence-corrected chi connectivity index (χ1v) is 10.5. The molecule has 166 valence electrons. The van der Waals surface area contributed by atoms with Gasteiger partial charge in [0.15, 0.2) is 0 Å². The zero-order valence-corrected chi connectivity index (χ0v) is 19.7. The second kappa shape index (κ2) is 12.3. The summed E-state index contributed by atoms with van der Waals surface area (Å²) in [5.41, 5.74) is 5.98. The molecular weight excluding hydrogens is 432 g/mol. The summed E-state index contributed by atoms with van der Waals surface area (Å²) in [7, 11) is 3.57. The minimum Gasteiger partial charge on any atom is -0.497 e. The summed E-state index contributed by atoms with van der Waals surface area (Å²) >= 11 is 1.19. The third kappa shape index (κ3) is 6.72. The molecule has 0 amide bonds. The van der Waals surface area contributed by atoms with Crippen LogP contribution < -0.4 is 14.5 Å². The van der Waals surface area contributed by atoms with Gasteiger partial charge in [0.1, 0.15) is 18.0 Å². The lowest BCUT2D eigenvalue weighted by atomic mass is 9.99. The van der Waals surface area contributed by atoms with Gasteiger partial charge in [0.2, 0.25) is 0 Å².